The number of likely N-dealkylation sites (tertiary alicyclic amines) is 1. The highest BCUT2D eigenvalue weighted by atomic mass is 16.4. The lowest BCUT2D eigenvalue weighted by Crippen LogP contribution is -2.52. The van der Waals surface area contributed by atoms with Crippen molar-refractivity contribution in [1.82, 2.24) is 10.2 Å². The van der Waals surface area contributed by atoms with Gasteiger partial charge in [0.25, 0.3) is 0 Å². The van der Waals surface area contributed by atoms with Gasteiger partial charge in [0, 0.05) is 0 Å². The first-order chi connectivity index (χ1) is 8.06. The number of amides is 1. The van der Waals surface area contributed by atoms with Crippen LogP contribution in [0, 0.1) is 0 Å². The number of nitrogens with one attached hydrogen (secondary N) is 1. The van der Waals surface area contributed by atoms with Crippen LogP contribution in [0.3, 0.4) is 0 Å². The Morgan fingerprint density at radius 1 is 1.47 bits per heavy atom. The van der Waals surface area contributed by atoms with Gasteiger partial charge in [-0.25, -0.2) is 0 Å². The third-order valence-electron chi connectivity index (χ3n) is 3.16. The van der Waals surface area contributed by atoms with Crippen molar-refractivity contribution in [2.75, 3.05) is 13.1 Å². The Hall–Kier alpha value is -1.10. The third kappa shape index (κ3) is 4.00. The van der Waals surface area contributed by atoms with Gasteiger partial charge in [0.15, 0.2) is 0 Å². The number of piperidine rings is 1. The molecule has 17 heavy (non-hydrogen) atoms. The van der Waals surface area contributed by atoms with E-state index in [4.69, 9.17) is 5.11 Å². The summed E-state index contributed by atoms with van der Waals surface area (Å²) in [5, 5.41) is 11.3. The van der Waals surface area contributed by atoms with Crippen molar-refractivity contribution in [3.05, 3.63) is 0 Å². The molecule has 0 bridgehead atoms. The van der Waals surface area contributed by atoms with E-state index in [2.05, 4.69) is 17.1 Å². The van der Waals surface area contributed by atoms with E-state index in [1.54, 1.807) is 0 Å². The minimum atomic E-state index is -0.990. The molecule has 5 heteroatoms. The van der Waals surface area contributed by atoms with Crippen molar-refractivity contribution in [2.45, 2.75) is 51.6 Å². The molecular weight excluding hydrogens is 220 g/mol. The standard InChI is InChI=1S/C12H22N2O3/c1-3-7-14-8-5-4-6-10(14)11(15)13-9(2)12(16)17/h9-10H,3-8H2,1-2H3,(H,13,15)(H,16,17)/t9-,10?/m0/s1. The largest absolute Gasteiger partial charge is 0.480 e. The highest BCUT2D eigenvalue weighted by Crippen LogP contribution is 2.17. The zero-order valence-corrected chi connectivity index (χ0v) is 10.6. The molecule has 98 valence electrons. The summed E-state index contributed by atoms with van der Waals surface area (Å²) in [6.07, 6.45) is 4.01. The number of carboxylic acids is 1. The molecule has 1 fully saturated rings. The van der Waals surface area contributed by atoms with Gasteiger partial charge in [-0.3, -0.25) is 14.5 Å². The molecule has 0 aromatic heterocycles. The second kappa shape index (κ2) is 6.59. The van der Waals surface area contributed by atoms with Crippen LogP contribution < -0.4 is 5.32 Å². The Kier molecular flexibility index (Phi) is 5.41. The molecule has 1 rings (SSSR count). The number of hydrogen-bond donors (Lipinski definition) is 2. The van der Waals surface area contributed by atoms with Crippen molar-refractivity contribution in [3.63, 3.8) is 0 Å². The number of carbonyl (C=O) groups excluding carboxylic acids is 1. The first kappa shape index (κ1) is 14.0. The van der Waals surface area contributed by atoms with Gasteiger partial charge in [0.1, 0.15) is 6.04 Å². The Morgan fingerprint density at radius 3 is 2.76 bits per heavy atom. The Balaban J connectivity index is 2.55. The quantitative estimate of drug-likeness (QED) is 0.749. The summed E-state index contributed by atoms with van der Waals surface area (Å²) in [6, 6.07) is -0.960. The van der Waals surface area contributed by atoms with E-state index in [0.717, 1.165) is 38.8 Å². The lowest BCUT2D eigenvalue weighted by Gasteiger charge is -2.34. The van der Waals surface area contributed by atoms with E-state index in [9.17, 15) is 9.59 Å². The normalized spacial score (nSPS) is 23.1. The molecule has 0 spiro atoms. The molecule has 1 aliphatic rings. The molecule has 2 N–H and O–H groups in total. The number of nitrogens with zero attached hydrogens (tertiary/aromatic N) is 1. The van der Waals surface area contributed by atoms with E-state index in [1.165, 1.54) is 6.92 Å². The minimum Gasteiger partial charge on any atom is -0.480 e. The molecule has 1 unspecified atom stereocenters. The van der Waals surface area contributed by atoms with E-state index in [0.29, 0.717) is 0 Å². The van der Waals surface area contributed by atoms with Crippen LogP contribution in [0.5, 0.6) is 0 Å². The molecule has 1 amide bonds. The molecular formula is C12H22N2O3. The van der Waals surface area contributed by atoms with Crippen molar-refractivity contribution in [2.24, 2.45) is 0 Å². The van der Waals surface area contributed by atoms with Gasteiger partial charge in [-0.15, -0.1) is 0 Å². The summed E-state index contributed by atoms with van der Waals surface area (Å²) < 4.78 is 0. The van der Waals surface area contributed by atoms with E-state index in [-0.39, 0.29) is 11.9 Å². The Morgan fingerprint density at radius 2 is 2.18 bits per heavy atom. The maximum absolute atomic E-state index is 12.0. The Bertz CT molecular complexity index is 279. The first-order valence-corrected chi connectivity index (χ1v) is 6.33. The summed E-state index contributed by atoms with van der Waals surface area (Å²) in [6.45, 7) is 5.42. The zero-order chi connectivity index (χ0) is 12.8. The highest BCUT2D eigenvalue weighted by Gasteiger charge is 2.29. The molecule has 2 atom stereocenters. The number of hydrogen-bond acceptors (Lipinski definition) is 3. The predicted octanol–water partition coefficient (Wildman–Crippen LogP) is 0.840. The fraction of sp³-hybridized carbons (Fsp3) is 0.833. The smallest absolute Gasteiger partial charge is 0.325 e. The second-order valence-electron chi connectivity index (χ2n) is 4.62. The number of aliphatic carboxylic acids is 1. The van der Waals surface area contributed by atoms with Crippen molar-refractivity contribution < 1.29 is 14.7 Å². The van der Waals surface area contributed by atoms with Gasteiger partial charge in [-0.2, -0.15) is 0 Å². The molecule has 0 aromatic rings. The van der Waals surface area contributed by atoms with Crippen LogP contribution >= 0.6 is 0 Å². The topological polar surface area (TPSA) is 69.6 Å². The van der Waals surface area contributed by atoms with Crippen LogP contribution in [0.2, 0.25) is 0 Å². The van der Waals surface area contributed by atoms with Gasteiger partial charge in [-0.05, 0) is 39.3 Å². The number of rotatable bonds is 5. The summed E-state index contributed by atoms with van der Waals surface area (Å²) in [7, 11) is 0. The fourth-order valence-electron chi connectivity index (χ4n) is 2.21. The summed E-state index contributed by atoms with van der Waals surface area (Å²) in [5.74, 6) is -1.13. The monoisotopic (exact) mass is 242 g/mol. The molecule has 0 saturated carbocycles. The lowest BCUT2D eigenvalue weighted by atomic mass is 10.0. The molecule has 0 radical (unpaired) electrons. The lowest BCUT2D eigenvalue weighted by molar-refractivity contribution is -0.142. The first-order valence-electron chi connectivity index (χ1n) is 6.33. The molecule has 1 aliphatic heterocycles. The van der Waals surface area contributed by atoms with Gasteiger partial charge in [-0.1, -0.05) is 13.3 Å². The van der Waals surface area contributed by atoms with Gasteiger partial charge < -0.3 is 10.4 Å². The molecule has 1 saturated heterocycles. The average Bonchev–Trinajstić information content (AvgIpc) is 2.29. The third-order valence-corrected chi connectivity index (χ3v) is 3.16. The zero-order valence-electron chi connectivity index (χ0n) is 10.6. The van der Waals surface area contributed by atoms with Gasteiger partial charge in [0.2, 0.25) is 5.91 Å². The fourth-order valence-corrected chi connectivity index (χ4v) is 2.21. The van der Waals surface area contributed by atoms with Gasteiger partial charge in [0.05, 0.1) is 6.04 Å². The highest BCUT2D eigenvalue weighted by molar-refractivity contribution is 5.86. The van der Waals surface area contributed by atoms with Crippen molar-refractivity contribution in [1.29, 1.82) is 0 Å². The second-order valence-corrected chi connectivity index (χ2v) is 4.62. The van der Waals surface area contributed by atoms with Crippen molar-refractivity contribution >= 4 is 11.9 Å². The van der Waals surface area contributed by atoms with Crippen LogP contribution in [0.1, 0.15) is 39.5 Å². The predicted molar refractivity (Wildman–Crippen MR) is 64.7 cm³/mol. The van der Waals surface area contributed by atoms with Crippen LogP contribution in [0.15, 0.2) is 0 Å². The molecule has 1 heterocycles. The molecule has 0 aromatic carbocycles. The number of carbonyl (C=O) groups is 2. The maximum atomic E-state index is 12.0. The van der Waals surface area contributed by atoms with E-state index >= 15 is 0 Å². The minimum absolute atomic E-state index is 0.145. The van der Waals surface area contributed by atoms with E-state index < -0.39 is 12.0 Å². The van der Waals surface area contributed by atoms with Crippen molar-refractivity contribution in [3.8, 4) is 0 Å². The average molecular weight is 242 g/mol. The van der Waals surface area contributed by atoms with E-state index in [1.807, 2.05) is 0 Å². The summed E-state index contributed by atoms with van der Waals surface area (Å²) in [4.78, 5) is 24.8. The Labute approximate surface area is 102 Å². The SMILES string of the molecule is CCCN1CCCCC1C(=O)N[C@@H](C)C(=O)O. The van der Waals surface area contributed by atoms with Crippen LogP contribution in [0.25, 0.3) is 0 Å². The maximum Gasteiger partial charge on any atom is 0.325 e. The van der Waals surface area contributed by atoms with Crippen LogP contribution in [-0.2, 0) is 9.59 Å². The summed E-state index contributed by atoms with van der Waals surface area (Å²) in [5.41, 5.74) is 0. The molecule has 0 aliphatic carbocycles. The molecule has 5 nitrogen and oxygen atoms in total. The number of carboxylic acid groups (broad SMARTS) is 1. The summed E-state index contributed by atoms with van der Waals surface area (Å²) >= 11 is 0. The van der Waals surface area contributed by atoms with Gasteiger partial charge >= 0.3 is 5.97 Å². The van der Waals surface area contributed by atoms with Crippen LogP contribution in [-0.4, -0.2) is 47.1 Å². The van der Waals surface area contributed by atoms with Crippen LogP contribution in [0.4, 0.5) is 0 Å².